The van der Waals surface area contributed by atoms with Gasteiger partial charge in [0.2, 0.25) is 11.8 Å². The van der Waals surface area contributed by atoms with E-state index < -0.39 is 29.1 Å². The third-order valence-corrected chi connectivity index (χ3v) is 9.57. The smallest absolute Gasteiger partial charge is 0.253 e. The van der Waals surface area contributed by atoms with Gasteiger partial charge in [-0.1, -0.05) is 54.1 Å². The summed E-state index contributed by atoms with van der Waals surface area (Å²) in [5.41, 5.74) is -0.0350. The molecule has 0 saturated carbocycles. The fourth-order valence-corrected chi connectivity index (χ4v) is 7.80. The van der Waals surface area contributed by atoms with Crippen molar-refractivity contribution in [3.05, 3.63) is 84.4 Å². The van der Waals surface area contributed by atoms with Gasteiger partial charge in [-0.05, 0) is 63.3 Å². The van der Waals surface area contributed by atoms with Crippen LogP contribution in [0.25, 0.3) is 0 Å². The maximum Gasteiger partial charge on any atom is 0.253 e. The largest absolute Gasteiger partial charge is 0.396 e. The molecule has 0 radical (unpaired) electrons. The summed E-state index contributed by atoms with van der Waals surface area (Å²) >= 11 is 6.65. The van der Waals surface area contributed by atoms with E-state index in [1.165, 1.54) is 0 Å². The molecule has 5 atom stereocenters. The molecule has 1 N–H and O–H groups in total. The molecule has 3 fully saturated rings. The summed E-state index contributed by atoms with van der Waals surface area (Å²) in [4.78, 5) is 48.6. The third-order valence-electron chi connectivity index (χ3n) is 9.27. The number of ether oxygens (including phenoxy) is 1. The Kier molecular flexibility index (Phi) is 8.84. The van der Waals surface area contributed by atoms with E-state index >= 15 is 0 Å². The Morgan fingerprint density at radius 3 is 2.40 bits per heavy atom. The number of halogens is 1. The lowest BCUT2D eigenvalue weighted by Gasteiger charge is -2.37. The highest BCUT2D eigenvalue weighted by Gasteiger charge is 2.78. The quantitative estimate of drug-likeness (QED) is 0.274. The molecule has 3 amide bonds. The van der Waals surface area contributed by atoms with Gasteiger partial charge in [0.25, 0.3) is 5.91 Å². The van der Waals surface area contributed by atoms with Crippen LogP contribution in [0.2, 0.25) is 5.02 Å². The molecule has 3 heterocycles. The van der Waals surface area contributed by atoms with Crippen LogP contribution >= 0.6 is 11.6 Å². The molecule has 2 bridgehead atoms. The zero-order chi connectivity index (χ0) is 30.9. The molecular weight excluding hydrogens is 566 g/mol. The number of unbranched alkanes of at least 4 members (excludes halogenated alkanes) is 1. The van der Waals surface area contributed by atoms with Crippen LogP contribution in [-0.2, 0) is 19.1 Å². The van der Waals surface area contributed by atoms with Crippen LogP contribution < -0.4 is 9.80 Å². The van der Waals surface area contributed by atoms with Crippen LogP contribution in [0.4, 0.5) is 11.4 Å². The van der Waals surface area contributed by atoms with E-state index in [0.29, 0.717) is 42.1 Å². The maximum atomic E-state index is 14.8. The maximum absolute atomic E-state index is 14.8. The predicted molar refractivity (Wildman–Crippen MR) is 168 cm³/mol. The normalized spacial score (nSPS) is 27.2. The SMILES string of the molecule is C=CCN(C(=O)[C@@H]1[C@H]2C(=O)N(CCCCO)C(C(=O)N(CC=C)c3c(C)cccc3Cl)C23CC[C@@]1(C)O3)c1ccccc1. The first-order valence-corrected chi connectivity index (χ1v) is 15.3. The fourth-order valence-electron chi connectivity index (χ4n) is 7.48. The molecule has 0 aliphatic carbocycles. The van der Waals surface area contributed by atoms with E-state index in [4.69, 9.17) is 16.3 Å². The van der Waals surface area contributed by atoms with Crippen LogP contribution in [0.1, 0.15) is 38.2 Å². The van der Waals surface area contributed by atoms with Gasteiger partial charge in [-0.25, -0.2) is 0 Å². The van der Waals surface area contributed by atoms with E-state index in [0.717, 1.165) is 5.56 Å². The average Bonchev–Trinajstić information content (AvgIpc) is 3.56. The number of rotatable bonds is 12. The number of aliphatic hydroxyl groups is 1. The lowest BCUT2D eigenvalue weighted by atomic mass is 9.66. The highest BCUT2D eigenvalue weighted by molar-refractivity contribution is 6.34. The number of likely N-dealkylation sites (tertiary alicyclic amines) is 1. The van der Waals surface area contributed by atoms with Crippen LogP contribution in [-0.4, -0.2) is 71.2 Å². The summed E-state index contributed by atoms with van der Waals surface area (Å²) in [5.74, 6) is -2.43. The number of fused-ring (bicyclic) bond motifs is 1. The standard InChI is InChI=1S/C34H40ClN3O5/c1-5-19-36(24-14-8-7-9-15-24)30(40)26-27-31(41)38(21-10-11-22-39)29(34(27)18-17-33(26,4)43-34)32(42)37(20-6-2)28-23(3)13-12-16-25(28)35/h5-9,12-16,26-27,29,39H,1-2,10-11,17-22H2,3-4H3/t26-,27-,29?,33+,34?/m0/s1. The Morgan fingerprint density at radius 2 is 1.74 bits per heavy atom. The second kappa shape index (κ2) is 12.3. The van der Waals surface area contributed by atoms with Gasteiger partial charge in [0.15, 0.2) is 0 Å². The van der Waals surface area contributed by atoms with Gasteiger partial charge in [0.1, 0.15) is 11.6 Å². The number of hydrogen-bond acceptors (Lipinski definition) is 5. The van der Waals surface area contributed by atoms with Gasteiger partial charge in [-0.3, -0.25) is 14.4 Å². The average molecular weight is 606 g/mol. The van der Waals surface area contributed by atoms with Crippen molar-refractivity contribution in [2.75, 3.05) is 36.0 Å². The Morgan fingerprint density at radius 1 is 1.05 bits per heavy atom. The molecule has 9 heteroatoms. The third kappa shape index (κ3) is 5.09. The number of benzene rings is 2. The predicted octanol–water partition coefficient (Wildman–Crippen LogP) is 4.92. The Labute approximate surface area is 258 Å². The van der Waals surface area contributed by atoms with Crippen molar-refractivity contribution in [1.29, 1.82) is 0 Å². The monoisotopic (exact) mass is 605 g/mol. The van der Waals surface area contributed by atoms with Crippen molar-refractivity contribution in [1.82, 2.24) is 4.90 Å². The van der Waals surface area contributed by atoms with Crippen molar-refractivity contribution in [3.8, 4) is 0 Å². The number of carbonyl (C=O) groups excluding carboxylic acids is 3. The zero-order valence-electron chi connectivity index (χ0n) is 24.9. The summed E-state index contributed by atoms with van der Waals surface area (Å²) < 4.78 is 6.84. The van der Waals surface area contributed by atoms with Crippen molar-refractivity contribution in [3.63, 3.8) is 0 Å². The van der Waals surface area contributed by atoms with Crippen LogP contribution in [0.15, 0.2) is 73.8 Å². The van der Waals surface area contributed by atoms with Gasteiger partial charge in [0, 0.05) is 31.9 Å². The summed E-state index contributed by atoms with van der Waals surface area (Å²) in [7, 11) is 0. The summed E-state index contributed by atoms with van der Waals surface area (Å²) in [6.45, 7) is 12.2. The Bertz CT molecular complexity index is 1400. The van der Waals surface area contributed by atoms with E-state index in [2.05, 4.69) is 13.2 Å². The van der Waals surface area contributed by atoms with Crippen molar-refractivity contribution < 1.29 is 24.2 Å². The molecule has 2 aromatic carbocycles. The van der Waals surface area contributed by atoms with Gasteiger partial charge in [-0.15, -0.1) is 13.2 Å². The molecule has 3 aliphatic heterocycles. The molecule has 0 aromatic heterocycles. The first-order valence-electron chi connectivity index (χ1n) is 14.9. The summed E-state index contributed by atoms with van der Waals surface area (Å²) in [6.07, 6.45) is 5.28. The lowest BCUT2D eigenvalue weighted by molar-refractivity contribution is -0.144. The minimum Gasteiger partial charge on any atom is -0.396 e. The molecular formula is C34H40ClN3O5. The molecule has 3 saturated heterocycles. The highest BCUT2D eigenvalue weighted by atomic mass is 35.5. The molecule has 5 rings (SSSR count). The second-order valence-electron chi connectivity index (χ2n) is 11.9. The number of para-hydroxylation sites is 2. The second-order valence-corrected chi connectivity index (χ2v) is 12.3. The number of aliphatic hydroxyl groups excluding tert-OH is 1. The Hall–Kier alpha value is -3.46. The number of anilines is 2. The number of hydrogen-bond donors (Lipinski definition) is 1. The molecule has 3 aliphatic rings. The molecule has 2 unspecified atom stereocenters. The number of amides is 3. The molecule has 43 heavy (non-hydrogen) atoms. The van der Waals surface area contributed by atoms with E-state index in [1.54, 1.807) is 32.9 Å². The zero-order valence-corrected chi connectivity index (χ0v) is 25.6. The first-order chi connectivity index (χ1) is 20.6. The van der Waals surface area contributed by atoms with E-state index in [9.17, 15) is 19.5 Å². The number of nitrogens with zero attached hydrogens (tertiary/aromatic N) is 3. The van der Waals surface area contributed by atoms with Crippen LogP contribution in [0, 0.1) is 18.8 Å². The van der Waals surface area contributed by atoms with Crippen molar-refractivity contribution in [2.45, 2.75) is 56.8 Å². The molecule has 8 nitrogen and oxygen atoms in total. The Balaban J connectivity index is 1.60. The number of aryl methyl sites for hydroxylation is 1. The minimum atomic E-state index is -1.19. The molecule has 1 spiro atoms. The topological polar surface area (TPSA) is 90.4 Å². The van der Waals surface area contributed by atoms with Crippen LogP contribution in [0.3, 0.4) is 0 Å². The highest BCUT2D eigenvalue weighted by Crippen LogP contribution is 2.63. The summed E-state index contributed by atoms with van der Waals surface area (Å²) in [6, 6.07) is 13.8. The van der Waals surface area contributed by atoms with Gasteiger partial charge in [0.05, 0.1) is 28.1 Å². The lowest BCUT2D eigenvalue weighted by Crippen LogP contribution is -2.57. The van der Waals surface area contributed by atoms with Crippen molar-refractivity contribution >= 4 is 40.7 Å². The van der Waals surface area contributed by atoms with Gasteiger partial charge >= 0.3 is 0 Å². The summed E-state index contributed by atoms with van der Waals surface area (Å²) in [5, 5.41) is 9.91. The molecule has 228 valence electrons. The first kappa shape index (κ1) is 31.0. The van der Waals surface area contributed by atoms with E-state index in [-0.39, 0.29) is 44.0 Å². The fraction of sp³-hybridized carbons (Fsp3) is 0.441. The van der Waals surface area contributed by atoms with E-state index in [1.807, 2.05) is 56.3 Å². The van der Waals surface area contributed by atoms with Crippen molar-refractivity contribution in [2.24, 2.45) is 11.8 Å². The van der Waals surface area contributed by atoms with Crippen LogP contribution in [0.5, 0.6) is 0 Å². The van der Waals surface area contributed by atoms with Gasteiger partial charge in [-0.2, -0.15) is 0 Å². The van der Waals surface area contributed by atoms with Gasteiger partial charge < -0.3 is 24.5 Å². The minimum absolute atomic E-state index is 0.0279. The molecule has 2 aromatic rings. The number of carbonyl (C=O) groups is 3.